The van der Waals surface area contributed by atoms with E-state index in [-0.39, 0.29) is 5.97 Å². The Balaban J connectivity index is 2.19. The quantitative estimate of drug-likeness (QED) is 0.777. The average Bonchev–Trinajstić information content (AvgIpc) is 2.69. The second-order valence-electron chi connectivity index (χ2n) is 4.23. The number of hydrogen-bond donors (Lipinski definition) is 1. The SMILES string of the molecule is CC(C)C[C@H](N)C(=O)OCCc1cccs1. The highest BCUT2D eigenvalue weighted by Crippen LogP contribution is 2.09. The predicted octanol–water partition coefficient (Wildman–Crippen LogP) is 2.21. The molecule has 0 fully saturated rings. The van der Waals surface area contributed by atoms with Gasteiger partial charge in [-0.1, -0.05) is 19.9 Å². The zero-order valence-electron chi connectivity index (χ0n) is 9.81. The summed E-state index contributed by atoms with van der Waals surface area (Å²) in [5.74, 6) is 0.130. The Morgan fingerprint density at radius 2 is 2.31 bits per heavy atom. The predicted molar refractivity (Wildman–Crippen MR) is 66.4 cm³/mol. The van der Waals surface area contributed by atoms with Crippen LogP contribution in [0, 0.1) is 5.92 Å². The monoisotopic (exact) mass is 241 g/mol. The Kier molecular flexibility index (Phi) is 5.49. The molecule has 2 N–H and O–H groups in total. The topological polar surface area (TPSA) is 52.3 Å². The van der Waals surface area contributed by atoms with E-state index in [9.17, 15) is 4.79 Å². The van der Waals surface area contributed by atoms with E-state index in [0.717, 1.165) is 6.42 Å². The van der Waals surface area contributed by atoms with Gasteiger partial charge < -0.3 is 10.5 Å². The van der Waals surface area contributed by atoms with Gasteiger partial charge in [-0.25, -0.2) is 0 Å². The first-order valence-corrected chi connectivity index (χ1v) is 6.42. The van der Waals surface area contributed by atoms with Crippen molar-refractivity contribution in [3.63, 3.8) is 0 Å². The maximum Gasteiger partial charge on any atom is 0.322 e. The van der Waals surface area contributed by atoms with E-state index in [1.54, 1.807) is 11.3 Å². The molecule has 0 saturated carbocycles. The summed E-state index contributed by atoms with van der Waals surface area (Å²) < 4.78 is 5.12. The van der Waals surface area contributed by atoms with Gasteiger partial charge in [-0.05, 0) is 23.8 Å². The summed E-state index contributed by atoms with van der Waals surface area (Å²) in [6.07, 6.45) is 1.45. The summed E-state index contributed by atoms with van der Waals surface area (Å²) >= 11 is 1.67. The van der Waals surface area contributed by atoms with E-state index < -0.39 is 6.04 Å². The Bertz CT molecular complexity index is 309. The fourth-order valence-electron chi connectivity index (χ4n) is 1.42. The summed E-state index contributed by atoms with van der Waals surface area (Å²) in [6, 6.07) is 3.54. The van der Waals surface area contributed by atoms with Crippen LogP contribution in [0.4, 0.5) is 0 Å². The van der Waals surface area contributed by atoms with Gasteiger partial charge in [-0.2, -0.15) is 0 Å². The van der Waals surface area contributed by atoms with Crippen molar-refractivity contribution in [2.75, 3.05) is 6.61 Å². The first kappa shape index (κ1) is 13.2. The van der Waals surface area contributed by atoms with Gasteiger partial charge in [-0.15, -0.1) is 11.3 Å². The van der Waals surface area contributed by atoms with Crippen LogP contribution < -0.4 is 5.73 Å². The van der Waals surface area contributed by atoms with Crippen LogP contribution >= 0.6 is 11.3 Å². The highest BCUT2D eigenvalue weighted by Gasteiger charge is 2.16. The van der Waals surface area contributed by atoms with Gasteiger partial charge in [0.2, 0.25) is 0 Å². The molecule has 90 valence electrons. The molecule has 0 spiro atoms. The Hall–Kier alpha value is -0.870. The van der Waals surface area contributed by atoms with E-state index in [4.69, 9.17) is 10.5 Å². The second-order valence-corrected chi connectivity index (χ2v) is 5.27. The number of carbonyl (C=O) groups excluding carboxylic acids is 1. The third kappa shape index (κ3) is 4.77. The number of nitrogens with two attached hydrogens (primary N) is 1. The fourth-order valence-corrected chi connectivity index (χ4v) is 2.11. The molecule has 1 rings (SSSR count). The van der Waals surface area contributed by atoms with Gasteiger partial charge in [0.05, 0.1) is 6.61 Å². The molecular formula is C12H19NO2S. The number of rotatable bonds is 6. The number of ether oxygens (including phenoxy) is 1. The molecule has 0 unspecified atom stereocenters. The van der Waals surface area contributed by atoms with Crippen LogP contribution in [0.3, 0.4) is 0 Å². The van der Waals surface area contributed by atoms with Gasteiger partial charge >= 0.3 is 5.97 Å². The van der Waals surface area contributed by atoms with Crippen molar-refractivity contribution in [3.8, 4) is 0 Å². The molecule has 1 atom stereocenters. The minimum atomic E-state index is -0.483. The first-order valence-electron chi connectivity index (χ1n) is 5.54. The smallest absolute Gasteiger partial charge is 0.322 e. The largest absolute Gasteiger partial charge is 0.464 e. The average molecular weight is 241 g/mol. The molecule has 0 saturated heterocycles. The summed E-state index contributed by atoms with van der Waals surface area (Å²) in [7, 11) is 0. The van der Waals surface area contributed by atoms with Crippen molar-refractivity contribution in [2.45, 2.75) is 32.7 Å². The number of carbonyl (C=O) groups is 1. The first-order chi connectivity index (χ1) is 7.59. The van der Waals surface area contributed by atoms with Crippen LogP contribution in [-0.2, 0) is 16.0 Å². The highest BCUT2D eigenvalue weighted by molar-refractivity contribution is 7.09. The van der Waals surface area contributed by atoms with E-state index in [1.165, 1.54) is 4.88 Å². The van der Waals surface area contributed by atoms with Crippen LogP contribution in [0.5, 0.6) is 0 Å². The molecule has 0 aliphatic rings. The molecule has 16 heavy (non-hydrogen) atoms. The van der Waals surface area contributed by atoms with Gasteiger partial charge in [0.1, 0.15) is 6.04 Å². The lowest BCUT2D eigenvalue weighted by Crippen LogP contribution is -2.33. The molecule has 0 amide bonds. The Labute approximate surface area is 101 Å². The van der Waals surface area contributed by atoms with Crippen LogP contribution in [0.1, 0.15) is 25.1 Å². The summed E-state index contributed by atoms with van der Waals surface area (Å²) in [5, 5.41) is 2.02. The molecule has 1 aromatic heterocycles. The van der Waals surface area contributed by atoms with E-state index in [2.05, 4.69) is 0 Å². The van der Waals surface area contributed by atoms with Crippen LogP contribution in [0.2, 0.25) is 0 Å². The van der Waals surface area contributed by atoms with Crippen molar-refractivity contribution in [3.05, 3.63) is 22.4 Å². The maximum absolute atomic E-state index is 11.5. The molecular weight excluding hydrogens is 222 g/mol. The minimum absolute atomic E-state index is 0.287. The van der Waals surface area contributed by atoms with Crippen LogP contribution in [-0.4, -0.2) is 18.6 Å². The van der Waals surface area contributed by atoms with Gasteiger partial charge in [-0.3, -0.25) is 4.79 Å². The molecule has 3 nitrogen and oxygen atoms in total. The minimum Gasteiger partial charge on any atom is -0.464 e. The third-order valence-electron chi connectivity index (χ3n) is 2.20. The van der Waals surface area contributed by atoms with Crippen molar-refractivity contribution in [1.82, 2.24) is 0 Å². The molecule has 1 heterocycles. The number of thiophene rings is 1. The molecule has 0 aromatic carbocycles. The lowest BCUT2D eigenvalue weighted by molar-refractivity contribution is -0.145. The summed E-state index contributed by atoms with van der Waals surface area (Å²) in [6.45, 7) is 4.50. The number of hydrogen-bond acceptors (Lipinski definition) is 4. The van der Waals surface area contributed by atoms with Crippen molar-refractivity contribution in [1.29, 1.82) is 0 Å². The second kappa shape index (κ2) is 6.66. The zero-order chi connectivity index (χ0) is 12.0. The highest BCUT2D eigenvalue weighted by atomic mass is 32.1. The lowest BCUT2D eigenvalue weighted by atomic mass is 10.1. The molecule has 0 aliphatic carbocycles. The number of esters is 1. The van der Waals surface area contributed by atoms with Crippen molar-refractivity contribution in [2.24, 2.45) is 11.7 Å². The third-order valence-corrected chi connectivity index (χ3v) is 3.14. The van der Waals surface area contributed by atoms with E-state index in [1.807, 2.05) is 31.4 Å². The summed E-state index contributed by atoms with van der Waals surface area (Å²) in [4.78, 5) is 12.7. The Morgan fingerprint density at radius 1 is 1.56 bits per heavy atom. The van der Waals surface area contributed by atoms with E-state index >= 15 is 0 Å². The normalized spacial score (nSPS) is 12.8. The molecule has 0 radical (unpaired) electrons. The fraction of sp³-hybridized carbons (Fsp3) is 0.583. The van der Waals surface area contributed by atoms with Gasteiger partial charge in [0.15, 0.2) is 0 Å². The van der Waals surface area contributed by atoms with Crippen LogP contribution in [0.25, 0.3) is 0 Å². The van der Waals surface area contributed by atoms with Gasteiger partial charge in [0.25, 0.3) is 0 Å². The molecule has 0 bridgehead atoms. The molecule has 4 heteroatoms. The standard InChI is InChI=1S/C12H19NO2S/c1-9(2)8-11(13)12(14)15-6-5-10-4-3-7-16-10/h3-4,7,9,11H,5-6,8,13H2,1-2H3/t11-/m0/s1. The maximum atomic E-state index is 11.5. The zero-order valence-corrected chi connectivity index (χ0v) is 10.6. The van der Waals surface area contributed by atoms with Gasteiger partial charge in [0, 0.05) is 11.3 Å². The van der Waals surface area contributed by atoms with Crippen molar-refractivity contribution < 1.29 is 9.53 Å². The Morgan fingerprint density at radius 3 is 2.88 bits per heavy atom. The van der Waals surface area contributed by atoms with Crippen molar-refractivity contribution >= 4 is 17.3 Å². The van der Waals surface area contributed by atoms with Crippen LogP contribution in [0.15, 0.2) is 17.5 Å². The summed E-state index contributed by atoms with van der Waals surface area (Å²) in [5.41, 5.74) is 5.71. The lowest BCUT2D eigenvalue weighted by Gasteiger charge is -2.12. The molecule has 1 aromatic rings. The van der Waals surface area contributed by atoms with E-state index in [0.29, 0.717) is 18.9 Å². The molecule has 0 aliphatic heterocycles.